The summed E-state index contributed by atoms with van der Waals surface area (Å²) in [5.41, 5.74) is 3.69. The molecule has 2 N–H and O–H groups in total. The van der Waals surface area contributed by atoms with Gasteiger partial charge in [0.25, 0.3) is 5.56 Å². The fourth-order valence-corrected chi connectivity index (χ4v) is 4.12. The quantitative estimate of drug-likeness (QED) is 0.583. The molecule has 3 aromatic rings. The molecule has 0 unspecified atom stereocenters. The van der Waals surface area contributed by atoms with Crippen LogP contribution in [0.25, 0.3) is 11.4 Å². The average Bonchev–Trinajstić information content (AvgIpc) is 2.83. The van der Waals surface area contributed by atoms with Crippen LogP contribution in [0, 0.1) is 12.8 Å². The zero-order valence-electron chi connectivity index (χ0n) is 19.3. The van der Waals surface area contributed by atoms with Gasteiger partial charge in [0.2, 0.25) is 5.91 Å². The van der Waals surface area contributed by atoms with Crippen LogP contribution in [0.3, 0.4) is 0 Å². The van der Waals surface area contributed by atoms with Crippen molar-refractivity contribution in [3.8, 4) is 11.4 Å². The van der Waals surface area contributed by atoms with Crippen LogP contribution in [0.2, 0.25) is 0 Å². The summed E-state index contributed by atoms with van der Waals surface area (Å²) < 4.78 is 0. The molecule has 2 aromatic heterocycles. The van der Waals surface area contributed by atoms with Crippen molar-refractivity contribution in [1.82, 2.24) is 25.2 Å². The number of H-pyrrole nitrogens is 1. The molecule has 1 amide bonds. The van der Waals surface area contributed by atoms with Gasteiger partial charge in [0.15, 0.2) is 0 Å². The van der Waals surface area contributed by atoms with E-state index in [-0.39, 0.29) is 17.9 Å². The summed E-state index contributed by atoms with van der Waals surface area (Å²) in [7, 11) is 0. The minimum absolute atomic E-state index is 0.00699. The lowest BCUT2D eigenvalue weighted by molar-refractivity contribution is -0.120. The summed E-state index contributed by atoms with van der Waals surface area (Å²) in [5.74, 6) is 1.08. The molecule has 3 heterocycles. The summed E-state index contributed by atoms with van der Waals surface area (Å²) >= 11 is 0. The van der Waals surface area contributed by atoms with Crippen molar-refractivity contribution in [2.24, 2.45) is 5.92 Å². The number of carbonyl (C=O) groups is 1. The maximum absolute atomic E-state index is 12.6. The summed E-state index contributed by atoms with van der Waals surface area (Å²) in [6, 6.07) is 12.0. The van der Waals surface area contributed by atoms with Gasteiger partial charge in [-0.1, -0.05) is 31.2 Å². The van der Waals surface area contributed by atoms with Gasteiger partial charge in [-0.15, -0.1) is 0 Å². The number of likely N-dealkylation sites (tertiary alicyclic amines) is 1. The van der Waals surface area contributed by atoms with Gasteiger partial charge in [0.05, 0.1) is 6.42 Å². The number of amides is 1. The Labute approximate surface area is 194 Å². The number of piperidine rings is 1. The molecule has 172 valence electrons. The maximum Gasteiger partial charge on any atom is 0.255 e. The minimum Gasteiger partial charge on any atom is -0.352 e. The smallest absolute Gasteiger partial charge is 0.255 e. The van der Waals surface area contributed by atoms with Crippen molar-refractivity contribution in [2.45, 2.75) is 46.2 Å². The third-order valence-electron chi connectivity index (χ3n) is 6.29. The highest BCUT2D eigenvalue weighted by molar-refractivity contribution is 5.78. The van der Waals surface area contributed by atoms with E-state index in [1.165, 1.54) is 18.4 Å². The van der Waals surface area contributed by atoms with E-state index in [1.54, 1.807) is 25.4 Å². The first-order chi connectivity index (χ1) is 16.0. The van der Waals surface area contributed by atoms with Gasteiger partial charge in [-0.05, 0) is 62.0 Å². The van der Waals surface area contributed by atoms with E-state index < -0.39 is 0 Å². The molecule has 1 fully saturated rings. The van der Waals surface area contributed by atoms with Crippen molar-refractivity contribution in [3.63, 3.8) is 0 Å². The second-order valence-corrected chi connectivity index (χ2v) is 8.95. The number of carbonyl (C=O) groups excluding carboxylic acids is 1. The number of hydrogen-bond acceptors (Lipinski definition) is 5. The van der Waals surface area contributed by atoms with E-state index in [1.807, 2.05) is 6.07 Å². The number of aromatic nitrogens is 3. The molecule has 0 spiro atoms. The van der Waals surface area contributed by atoms with Crippen molar-refractivity contribution in [3.05, 3.63) is 81.5 Å². The molecule has 7 heteroatoms. The molecular formula is C26H31N5O2. The molecular weight excluding hydrogens is 414 g/mol. The zero-order valence-corrected chi connectivity index (χ0v) is 19.3. The standard InChI is InChI=1S/C26H31N5O2/c1-18-9-12-31(13-10-18)17-21-7-5-20(6-8-21)15-28-24(32)14-23-19(2)29-25(30-26(23)33)22-4-3-11-27-16-22/h3-8,11,16,18H,9-10,12-15,17H2,1-2H3,(H,28,32)(H,29,30,33). The zero-order chi connectivity index (χ0) is 23.2. The molecule has 4 rings (SSSR count). The summed E-state index contributed by atoms with van der Waals surface area (Å²) in [6.07, 6.45) is 5.84. The van der Waals surface area contributed by atoms with Crippen molar-refractivity contribution in [1.29, 1.82) is 0 Å². The number of pyridine rings is 1. The van der Waals surface area contributed by atoms with Gasteiger partial charge in [0.1, 0.15) is 5.82 Å². The molecule has 0 atom stereocenters. The number of aromatic amines is 1. The van der Waals surface area contributed by atoms with Crippen LogP contribution in [-0.2, 0) is 24.3 Å². The summed E-state index contributed by atoms with van der Waals surface area (Å²) in [4.78, 5) is 38.8. The highest BCUT2D eigenvalue weighted by atomic mass is 16.2. The van der Waals surface area contributed by atoms with Gasteiger partial charge in [0, 0.05) is 42.3 Å². The third-order valence-corrected chi connectivity index (χ3v) is 6.29. The predicted molar refractivity (Wildman–Crippen MR) is 128 cm³/mol. The number of aryl methyl sites for hydroxylation is 1. The molecule has 0 saturated carbocycles. The molecule has 1 aromatic carbocycles. The number of nitrogens with one attached hydrogen (secondary N) is 2. The van der Waals surface area contributed by atoms with Gasteiger partial charge in [-0.3, -0.25) is 19.5 Å². The number of hydrogen-bond donors (Lipinski definition) is 2. The van der Waals surface area contributed by atoms with Crippen LogP contribution in [0.4, 0.5) is 0 Å². The topological polar surface area (TPSA) is 91.0 Å². The Bertz CT molecular complexity index is 1130. The van der Waals surface area contributed by atoms with Crippen LogP contribution >= 0.6 is 0 Å². The first kappa shape index (κ1) is 22.9. The van der Waals surface area contributed by atoms with Crippen LogP contribution in [-0.4, -0.2) is 38.8 Å². The lowest BCUT2D eigenvalue weighted by Crippen LogP contribution is -2.32. The highest BCUT2D eigenvalue weighted by Gasteiger charge is 2.16. The van der Waals surface area contributed by atoms with Gasteiger partial charge in [-0.2, -0.15) is 0 Å². The normalized spacial score (nSPS) is 14.8. The molecule has 7 nitrogen and oxygen atoms in total. The molecule has 33 heavy (non-hydrogen) atoms. The highest BCUT2D eigenvalue weighted by Crippen LogP contribution is 2.18. The van der Waals surface area contributed by atoms with Crippen LogP contribution in [0.5, 0.6) is 0 Å². The molecule has 0 aliphatic carbocycles. The second kappa shape index (κ2) is 10.5. The van der Waals surface area contributed by atoms with E-state index in [0.29, 0.717) is 23.6 Å². The van der Waals surface area contributed by atoms with E-state index in [0.717, 1.165) is 36.7 Å². The van der Waals surface area contributed by atoms with E-state index in [2.05, 4.69) is 56.4 Å². The lowest BCUT2D eigenvalue weighted by Gasteiger charge is -2.30. The molecule has 0 radical (unpaired) electrons. The van der Waals surface area contributed by atoms with Gasteiger partial charge in [-0.25, -0.2) is 4.98 Å². The minimum atomic E-state index is -0.298. The maximum atomic E-state index is 12.6. The van der Waals surface area contributed by atoms with E-state index in [9.17, 15) is 9.59 Å². The Kier molecular flexibility index (Phi) is 7.29. The van der Waals surface area contributed by atoms with Crippen molar-refractivity contribution >= 4 is 5.91 Å². The summed E-state index contributed by atoms with van der Waals surface area (Å²) in [5, 5.41) is 2.91. The van der Waals surface area contributed by atoms with E-state index >= 15 is 0 Å². The molecule has 1 aliphatic heterocycles. The predicted octanol–water partition coefficient (Wildman–Crippen LogP) is 3.23. The third kappa shape index (κ3) is 6.14. The number of rotatable bonds is 7. The second-order valence-electron chi connectivity index (χ2n) is 8.95. The first-order valence-corrected chi connectivity index (χ1v) is 11.5. The fraction of sp³-hybridized carbons (Fsp3) is 0.385. The Morgan fingerprint density at radius 2 is 1.88 bits per heavy atom. The number of nitrogens with zero attached hydrogens (tertiary/aromatic N) is 3. The summed E-state index contributed by atoms with van der Waals surface area (Å²) in [6.45, 7) is 7.80. The van der Waals surface area contributed by atoms with Crippen LogP contribution in [0.1, 0.15) is 42.1 Å². The number of benzene rings is 1. The van der Waals surface area contributed by atoms with Crippen LogP contribution in [0.15, 0.2) is 53.6 Å². The van der Waals surface area contributed by atoms with E-state index in [4.69, 9.17) is 0 Å². The Balaban J connectivity index is 1.31. The molecule has 1 saturated heterocycles. The molecule has 0 bridgehead atoms. The Hall–Kier alpha value is -3.32. The first-order valence-electron chi connectivity index (χ1n) is 11.5. The Morgan fingerprint density at radius 1 is 1.15 bits per heavy atom. The van der Waals surface area contributed by atoms with Crippen LogP contribution < -0.4 is 10.9 Å². The van der Waals surface area contributed by atoms with Crippen molar-refractivity contribution < 1.29 is 4.79 Å². The fourth-order valence-electron chi connectivity index (χ4n) is 4.12. The average molecular weight is 446 g/mol. The van der Waals surface area contributed by atoms with Crippen molar-refractivity contribution in [2.75, 3.05) is 13.1 Å². The lowest BCUT2D eigenvalue weighted by atomic mass is 9.99. The van der Waals surface area contributed by atoms with Gasteiger partial charge < -0.3 is 10.3 Å². The monoisotopic (exact) mass is 445 g/mol. The Morgan fingerprint density at radius 3 is 2.55 bits per heavy atom. The largest absolute Gasteiger partial charge is 0.352 e. The molecule has 1 aliphatic rings. The SMILES string of the molecule is Cc1nc(-c2cccnc2)[nH]c(=O)c1CC(=O)NCc1ccc(CN2CCC(C)CC2)cc1. The van der Waals surface area contributed by atoms with Gasteiger partial charge >= 0.3 is 0 Å².